The second-order valence-electron chi connectivity index (χ2n) is 7.67. The van der Waals surface area contributed by atoms with Crippen LogP contribution in [0.2, 0.25) is 0 Å². The van der Waals surface area contributed by atoms with Crippen molar-refractivity contribution >= 4 is 18.5 Å². The van der Waals surface area contributed by atoms with E-state index in [0.717, 1.165) is 24.8 Å². The van der Waals surface area contributed by atoms with Gasteiger partial charge in [-0.2, -0.15) is 0 Å². The molecular formula is C27H29OP. The third kappa shape index (κ3) is 4.08. The first-order valence-corrected chi connectivity index (χ1v) is 12.0. The average Bonchev–Trinajstić information content (AvgIpc) is 2.79. The van der Waals surface area contributed by atoms with Gasteiger partial charge in [0.25, 0.3) is 0 Å². The molecule has 0 spiro atoms. The Labute approximate surface area is 175 Å². The highest BCUT2D eigenvalue weighted by molar-refractivity contribution is 7.73. The Morgan fingerprint density at radius 3 is 1.97 bits per heavy atom. The number of aryl methyl sites for hydroxylation is 1. The first-order valence-electron chi connectivity index (χ1n) is 10.6. The van der Waals surface area contributed by atoms with Crippen LogP contribution in [0.25, 0.3) is 0 Å². The number of hydrogen-bond acceptors (Lipinski definition) is 1. The van der Waals surface area contributed by atoms with Gasteiger partial charge in [0.1, 0.15) is 0 Å². The second-order valence-corrected chi connectivity index (χ2v) is 10.0. The maximum absolute atomic E-state index is 9.89. The summed E-state index contributed by atoms with van der Waals surface area (Å²) in [6.07, 6.45) is 5.58. The Bertz CT molecular complexity index is 952. The molecule has 1 nitrogen and oxygen atoms in total. The quantitative estimate of drug-likeness (QED) is 0.409. The fourth-order valence-corrected chi connectivity index (χ4v) is 7.19. The van der Waals surface area contributed by atoms with Crippen LogP contribution in [0.4, 0.5) is 0 Å². The number of allylic oxidation sites excluding steroid dienone is 2. The Kier molecular flexibility index (Phi) is 6.28. The summed E-state index contributed by atoms with van der Waals surface area (Å²) in [5.41, 5.74) is 7.10. The molecule has 2 heteroatoms. The normalized spacial score (nSPS) is 15.9. The van der Waals surface area contributed by atoms with Gasteiger partial charge in [0.2, 0.25) is 0 Å². The smallest absolute Gasteiger partial charge is 0.0684 e. The molecule has 4 rings (SSSR count). The van der Waals surface area contributed by atoms with E-state index in [0.29, 0.717) is 5.66 Å². The Hall–Kier alpha value is -2.21. The zero-order valence-corrected chi connectivity index (χ0v) is 18.2. The van der Waals surface area contributed by atoms with Crippen molar-refractivity contribution in [1.82, 2.24) is 0 Å². The summed E-state index contributed by atoms with van der Waals surface area (Å²) in [6.45, 7) is 4.57. The predicted molar refractivity (Wildman–Crippen MR) is 126 cm³/mol. The second kappa shape index (κ2) is 9.08. The topological polar surface area (TPSA) is 20.2 Å². The van der Waals surface area contributed by atoms with Gasteiger partial charge in [0.05, 0.1) is 6.61 Å². The van der Waals surface area contributed by atoms with Crippen molar-refractivity contribution in [2.75, 3.05) is 0 Å². The molecule has 148 valence electrons. The maximum atomic E-state index is 9.89. The Morgan fingerprint density at radius 2 is 1.45 bits per heavy atom. The molecule has 0 saturated carbocycles. The number of benzene rings is 3. The summed E-state index contributed by atoms with van der Waals surface area (Å²) in [6, 6.07) is 26.7. The van der Waals surface area contributed by atoms with Crippen LogP contribution in [-0.2, 0) is 19.4 Å². The van der Waals surface area contributed by atoms with Gasteiger partial charge in [-0.1, -0.05) is 98.3 Å². The highest BCUT2D eigenvalue weighted by Gasteiger charge is 2.30. The van der Waals surface area contributed by atoms with E-state index in [1.54, 1.807) is 0 Å². The molecule has 1 aliphatic rings. The van der Waals surface area contributed by atoms with E-state index in [2.05, 4.69) is 92.7 Å². The van der Waals surface area contributed by atoms with Crippen molar-refractivity contribution in [2.45, 2.75) is 45.4 Å². The summed E-state index contributed by atoms with van der Waals surface area (Å²) >= 11 is 0. The molecule has 0 bridgehead atoms. The van der Waals surface area contributed by atoms with Gasteiger partial charge in [0.15, 0.2) is 0 Å². The van der Waals surface area contributed by atoms with Gasteiger partial charge in [-0.05, 0) is 60.0 Å². The molecule has 1 aliphatic carbocycles. The summed E-state index contributed by atoms with van der Waals surface area (Å²) in [7, 11) is -0.558. The molecule has 0 fully saturated rings. The summed E-state index contributed by atoms with van der Waals surface area (Å²) in [5.74, 6) is 0. The third-order valence-corrected chi connectivity index (χ3v) is 8.64. The minimum absolute atomic E-state index is 0.123. The molecule has 1 atom stereocenters. The molecule has 0 radical (unpaired) electrons. The summed E-state index contributed by atoms with van der Waals surface area (Å²) in [4.78, 5) is 0. The van der Waals surface area contributed by atoms with Crippen molar-refractivity contribution < 1.29 is 5.11 Å². The lowest BCUT2D eigenvalue weighted by molar-refractivity contribution is 0.280. The molecule has 0 amide bonds. The minimum atomic E-state index is -0.558. The highest BCUT2D eigenvalue weighted by atomic mass is 31.1. The van der Waals surface area contributed by atoms with Crippen LogP contribution in [0.1, 0.15) is 48.2 Å². The van der Waals surface area contributed by atoms with Crippen molar-refractivity contribution in [2.24, 2.45) is 0 Å². The lowest BCUT2D eigenvalue weighted by Gasteiger charge is -2.33. The molecule has 0 aromatic heterocycles. The average molecular weight is 401 g/mol. The van der Waals surface area contributed by atoms with E-state index >= 15 is 0 Å². The van der Waals surface area contributed by atoms with E-state index in [1.165, 1.54) is 32.9 Å². The predicted octanol–water partition coefficient (Wildman–Crippen LogP) is 5.81. The largest absolute Gasteiger partial charge is 0.392 e. The first kappa shape index (κ1) is 20.1. The van der Waals surface area contributed by atoms with Gasteiger partial charge in [-0.3, -0.25) is 0 Å². The molecule has 29 heavy (non-hydrogen) atoms. The van der Waals surface area contributed by atoms with Gasteiger partial charge in [-0.25, -0.2) is 0 Å². The van der Waals surface area contributed by atoms with E-state index in [9.17, 15) is 5.11 Å². The molecule has 1 unspecified atom stereocenters. The molecule has 0 saturated heterocycles. The lowest BCUT2D eigenvalue weighted by Crippen LogP contribution is -2.20. The zero-order valence-electron chi connectivity index (χ0n) is 17.3. The lowest BCUT2D eigenvalue weighted by atomic mass is 9.86. The molecule has 0 aliphatic heterocycles. The van der Waals surface area contributed by atoms with Gasteiger partial charge in [0, 0.05) is 5.66 Å². The number of hydrogen-bond donors (Lipinski definition) is 1. The van der Waals surface area contributed by atoms with Gasteiger partial charge < -0.3 is 5.11 Å². The third-order valence-electron chi connectivity index (χ3n) is 5.94. The van der Waals surface area contributed by atoms with Gasteiger partial charge >= 0.3 is 0 Å². The van der Waals surface area contributed by atoms with E-state index in [-0.39, 0.29) is 6.61 Å². The van der Waals surface area contributed by atoms with E-state index in [1.807, 2.05) is 0 Å². The van der Waals surface area contributed by atoms with E-state index < -0.39 is 7.92 Å². The number of aliphatic hydroxyl groups is 1. The summed E-state index contributed by atoms with van der Waals surface area (Å²) in [5, 5.41) is 12.7. The molecule has 0 heterocycles. The highest BCUT2D eigenvalue weighted by Crippen LogP contribution is 2.54. The minimum Gasteiger partial charge on any atom is -0.392 e. The molecule has 3 aromatic carbocycles. The fraction of sp³-hybridized carbons (Fsp3) is 0.259. The molecule has 3 aromatic rings. The van der Waals surface area contributed by atoms with Crippen molar-refractivity contribution in [3.63, 3.8) is 0 Å². The fourth-order valence-electron chi connectivity index (χ4n) is 4.38. The van der Waals surface area contributed by atoms with Crippen LogP contribution in [0.5, 0.6) is 0 Å². The van der Waals surface area contributed by atoms with Crippen LogP contribution >= 0.6 is 7.92 Å². The number of aliphatic hydroxyl groups excluding tert-OH is 1. The van der Waals surface area contributed by atoms with Crippen LogP contribution in [0, 0.1) is 0 Å². The molecular weight excluding hydrogens is 371 g/mol. The van der Waals surface area contributed by atoms with Crippen molar-refractivity contribution in [1.29, 1.82) is 0 Å². The van der Waals surface area contributed by atoms with Crippen LogP contribution < -0.4 is 10.6 Å². The zero-order chi connectivity index (χ0) is 20.2. The van der Waals surface area contributed by atoms with Crippen molar-refractivity contribution in [3.05, 3.63) is 107 Å². The Balaban J connectivity index is 1.92. The van der Waals surface area contributed by atoms with Crippen LogP contribution in [0.15, 0.2) is 84.4 Å². The number of rotatable bonds is 6. The Morgan fingerprint density at radius 1 is 0.828 bits per heavy atom. The monoisotopic (exact) mass is 400 g/mol. The maximum Gasteiger partial charge on any atom is 0.0684 e. The molecule has 1 N–H and O–H groups in total. The van der Waals surface area contributed by atoms with E-state index in [4.69, 9.17) is 0 Å². The first-order chi connectivity index (χ1) is 14.2. The SMILES string of the molecule is CCC1=CC(P(c2ccccc2)c2ccccc2)c2cc(CC)c(CO)cc2C1. The van der Waals surface area contributed by atoms with Gasteiger partial charge in [-0.15, -0.1) is 0 Å². The van der Waals surface area contributed by atoms with Crippen LogP contribution in [0.3, 0.4) is 0 Å². The standard InChI is InChI=1S/C27H29OP/c1-3-20-15-22-17-23(19-28)21(4-2)18-26(22)27(16-20)29(24-11-7-5-8-12-24)25-13-9-6-10-14-25/h5-14,16-18,27-28H,3-4,15,19H2,1-2H3. The van der Waals surface area contributed by atoms with Crippen LogP contribution in [-0.4, -0.2) is 5.11 Å². The number of fused-ring (bicyclic) bond motifs is 1. The van der Waals surface area contributed by atoms with Crippen molar-refractivity contribution in [3.8, 4) is 0 Å². The summed E-state index contributed by atoms with van der Waals surface area (Å²) < 4.78 is 0.